The number of piperidine rings is 3. The van der Waals surface area contributed by atoms with Gasteiger partial charge in [-0.15, -0.1) is 0 Å². The molecule has 1 N–H and O–H groups in total. The SMILES string of the molecule is C[C@@H]1[C@@H](Nc2ncc(-c3cccc([N+](=O)[O-])c3)cn2)C2CCN1CC2. The minimum atomic E-state index is -0.394. The summed E-state index contributed by atoms with van der Waals surface area (Å²) in [5, 5.41) is 14.4. The van der Waals surface area contributed by atoms with Crippen molar-refractivity contribution in [2.45, 2.75) is 31.8 Å². The molecule has 0 spiro atoms. The van der Waals surface area contributed by atoms with E-state index in [1.54, 1.807) is 24.5 Å². The maximum absolute atomic E-state index is 10.9. The van der Waals surface area contributed by atoms with Crippen LogP contribution in [0.4, 0.5) is 11.6 Å². The van der Waals surface area contributed by atoms with E-state index in [0.717, 1.165) is 11.1 Å². The lowest BCUT2D eigenvalue weighted by atomic mass is 9.79. The Bertz CT molecular complexity index is 769. The summed E-state index contributed by atoms with van der Waals surface area (Å²) in [4.78, 5) is 21.9. The van der Waals surface area contributed by atoms with Crippen LogP contribution in [0.5, 0.6) is 0 Å². The summed E-state index contributed by atoms with van der Waals surface area (Å²) in [6, 6.07) is 7.40. The molecule has 2 bridgehead atoms. The highest BCUT2D eigenvalue weighted by molar-refractivity contribution is 5.64. The highest BCUT2D eigenvalue weighted by atomic mass is 16.6. The number of nitrogens with one attached hydrogen (secondary N) is 1. The molecule has 4 heterocycles. The van der Waals surface area contributed by atoms with Gasteiger partial charge in [-0.25, -0.2) is 9.97 Å². The summed E-state index contributed by atoms with van der Waals surface area (Å²) in [5.74, 6) is 1.31. The van der Waals surface area contributed by atoms with Crippen LogP contribution in [0, 0.1) is 16.0 Å². The first-order chi connectivity index (χ1) is 12.1. The Kier molecular flexibility index (Phi) is 4.09. The molecule has 0 unspecified atom stereocenters. The number of anilines is 1. The molecule has 25 heavy (non-hydrogen) atoms. The summed E-state index contributed by atoms with van der Waals surface area (Å²) < 4.78 is 0. The number of rotatable bonds is 4. The number of nitro benzene ring substituents is 1. The average Bonchev–Trinajstić information content (AvgIpc) is 2.66. The molecular formula is C18H21N5O2. The summed E-state index contributed by atoms with van der Waals surface area (Å²) in [7, 11) is 0. The molecule has 7 heteroatoms. The third-order valence-electron chi connectivity index (χ3n) is 5.52. The van der Waals surface area contributed by atoms with E-state index in [0.29, 0.717) is 23.9 Å². The van der Waals surface area contributed by atoms with Gasteiger partial charge in [0.15, 0.2) is 0 Å². The van der Waals surface area contributed by atoms with E-state index >= 15 is 0 Å². The van der Waals surface area contributed by atoms with Gasteiger partial charge in [0.25, 0.3) is 5.69 Å². The molecule has 1 aromatic heterocycles. The van der Waals surface area contributed by atoms with Crippen LogP contribution in [0.2, 0.25) is 0 Å². The summed E-state index contributed by atoms with van der Waals surface area (Å²) >= 11 is 0. The largest absolute Gasteiger partial charge is 0.350 e. The maximum atomic E-state index is 10.9. The van der Waals surface area contributed by atoms with Crippen molar-refractivity contribution in [2.24, 2.45) is 5.92 Å². The second-order valence-electron chi connectivity index (χ2n) is 6.89. The van der Waals surface area contributed by atoms with E-state index in [4.69, 9.17) is 0 Å². The quantitative estimate of drug-likeness (QED) is 0.681. The first-order valence-corrected chi connectivity index (χ1v) is 8.69. The number of fused-ring (bicyclic) bond motifs is 3. The molecule has 2 atom stereocenters. The van der Waals surface area contributed by atoms with Crippen molar-refractivity contribution in [1.29, 1.82) is 0 Å². The predicted molar refractivity (Wildman–Crippen MR) is 95.3 cm³/mol. The standard InChI is InChI=1S/C18H21N5O2/c1-12-17(13-5-7-22(12)8-6-13)21-18-19-10-15(11-20-18)14-3-2-4-16(9-14)23(24)25/h2-4,9-13,17H,5-8H2,1H3,(H,19,20,21)/t12-,17-/m1/s1. The summed E-state index contributed by atoms with van der Waals surface area (Å²) in [5.41, 5.74) is 1.59. The Hall–Kier alpha value is -2.54. The topological polar surface area (TPSA) is 84.2 Å². The van der Waals surface area contributed by atoms with E-state index in [9.17, 15) is 10.1 Å². The molecule has 5 rings (SSSR count). The molecule has 0 aliphatic carbocycles. The maximum Gasteiger partial charge on any atom is 0.270 e. The van der Waals surface area contributed by atoms with Crippen molar-refractivity contribution < 1.29 is 4.92 Å². The van der Waals surface area contributed by atoms with E-state index in [2.05, 4.69) is 27.1 Å². The zero-order chi connectivity index (χ0) is 17.4. The van der Waals surface area contributed by atoms with Crippen LogP contribution in [0.1, 0.15) is 19.8 Å². The van der Waals surface area contributed by atoms with Gasteiger partial charge in [-0.2, -0.15) is 0 Å². The van der Waals surface area contributed by atoms with Crippen molar-refractivity contribution in [3.63, 3.8) is 0 Å². The fourth-order valence-electron chi connectivity index (χ4n) is 4.05. The van der Waals surface area contributed by atoms with E-state index < -0.39 is 4.92 Å². The van der Waals surface area contributed by atoms with Crippen molar-refractivity contribution in [1.82, 2.24) is 14.9 Å². The Labute approximate surface area is 146 Å². The van der Waals surface area contributed by atoms with Crippen LogP contribution in [0.15, 0.2) is 36.7 Å². The van der Waals surface area contributed by atoms with Gasteiger partial charge < -0.3 is 5.32 Å². The normalized spacial score (nSPS) is 27.9. The highest BCUT2D eigenvalue weighted by Gasteiger charge is 2.39. The Morgan fingerprint density at radius 1 is 1.20 bits per heavy atom. The lowest BCUT2D eigenvalue weighted by Crippen LogP contribution is -2.59. The Morgan fingerprint density at radius 3 is 2.56 bits per heavy atom. The molecule has 7 nitrogen and oxygen atoms in total. The van der Waals surface area contributed by atoms with Crippen molar-refractivity contribution in [3.05, 3.63) is 46.8 Å². The lowest BCUT2D eigenvalue weighted by Gasteiger charge is -2.49. The van der Waals surface area contributed by atoms with Crippen molar-refractivity contribution in [3.8, 4) is 11.1 Å². The number of aromatic nitrogens is 2. The molecule has 2 aromatic rings. The van der Waals surface area contributed by atoms with E-state index in [-0.39, 0.29) is 5.69 Å². The number of hydrogen-bond donors (Lipinski definition) is 1. The van der Waals surface area contributed by atoms with Crippen molar-refractivity contribution >= 4 is 11.6 Å². The third-order valence-corrected chi connectivity index (χ3v) is 5.52. The summed E-state index contributed by atoms with van der Waals surface area (Å²) in [6.45, 7) is 4.65. The van der Waals surface area contributed by atoms with Crippen LogP contribution < -0.4 is 5.32 Å². The molecule has 0 saturated carbocycles. The third kappa shape index (κ3) is 3.07. The van der Waals surface area contributed by atoms with Crippen LogP contribution in [0.25, 0.3) is 11.1 Å². The van der Waals surface area contributed by atoms with Gasteiger partial charge >= 0.3 is 0 Å². The fraction of sp³-hybridized carbons (Fsp3) is 0.444. The van der Waals surface area contributed by atoms with Gasteiger partial charge in [0, 0.05) is 42.2 Å². The number of nitro groups is 1. The first-order valence-electron chi connectivity index (χ1n) is 8.69. The number of nitrogens with zero attached hydrogens (tertiary/aromatic N) is 4. The van der Waals surface area contributed by atoms with Crippen LogP contribution in [0.3, 0.4) is 0 Å². The second-order valence-corrected chi connectivity index (χ2v) is 6.89. The van der Waals surface area contributed by atoms with Gasteiger partial charge in [-0.1, -0.05) is 12.1 Å². The first kappa shape index (κ1) is 16.0. The molecule has 0 radical (unpaired) electrons. The number of hydrogen-bond acceptors (Lipinski definition) is 6. The van der Waals surface area contributed by atoms with Crippen LogP contribution in [-0.2, 0) is 0 Å². The van der Waals surface area contributed by atoms with E-state index in [1.165, 1.54) is 32.0 Å². The zero-order valence-corrected chi connectivity index (χ0v) is 14.1. The predicted octanol–water partition coefficient (Wildman–Crippen LogP) is 2.95. The van der Waals surface area contributed by atoms with E-state index in [1.807, 2.05) is 6.07 Å². The highest BCUT2D eigenvalue weighted by Crippen LogP contribution is 2.33. The van der Waals surface area contributed by atoms with Crippen molar-refractivity contribution in [2.75, 3.05) is 18.4 Å². The Morgan fingerprint density at radius 2 is 1.92 bits per heavy atom. The number of benzene rings is 1. The molecule has 1 aromatic carbocycles. The van der Waals surface area contributed by atoms with Crippen LogP contribution >= 0.6 is 0 Å². The zero-order valence-electron chi connectivity index (χ0n) is 14.1. The fourth-order valence-corrected chi connectivity index (χ4v) is 4.05. The summed E-state index contributed by atoms with van der Waals surface area (Å²) in [6.07, 6.45) is 5.91. The Balaban J connectivity index is 1.51. The average molecular weight is 339 g/mol. The molecule has 130 valence electrons. The minimum Gasteiger partial charge on any atom is -0.350 e. The molecule has 3 aliphatic heterocycles. The molecule has 3 fully saturated rings. The van der Waals surface area contributed by atoms with Gasteiger partial charge in [0.2, 0.25) is 5.95 Å². The molecular weight excluding hydrogens is 318 g/mol. The van der Waals surface area contributed by atoms with Gasteiger partial charge in [-0.3, -0.25) is 15.0 Å². The lowest BCUT2D eigenvalue weighted by molar-refractivity contribution is -0.384. The molecule has 3 saturated heterocycles. The van der Waals surface area contributed by atoms with Gasteiger partial charge in [0.05, 0.1) is 4.92 Å². The van der Waals surface area contributed by atoms with Gasteiger partial charge in [0.1, 0.15) is 0 Å². The van der Waals surface area contributed by atoms with Crippen LogP contribution in [-0.4, -0.2) is 45.0 Å². The molecule has 0 amide bonds. The monoisotopic (exact) mass is 339 g/mol. The minimum absolute atomic E-state index is 0.0702. The number of non-ortho nitro benzene ring substituents is 1. The van der Waals surface area contributed by atoms with Gasteiger partial charge in [-0.05, 0) is 44.3 Å². The smallest absolute Gasteiger partial charge is 0.270 e. The second kappa shape index (κ2) is 6.40. The molecule has 3 aliphatic rings.